The number of rotatable bonds is 7. The Morgan fingerprint density at radius 1 is 1.10 bits per heavy atom. The first-order valence-corrected chi connectivity index (χ1v) is 10.4. The molecule has 1 aliphatic carbocycles. The number of carbonyl (C=O) groups is 2. The summed E-state index contributed by atoms with van der Waals surface area (Å²) in [7, 11) is -4.06. The lowest BCUT2D eigenvalue weighted by atomic mass is 10.1. The number of nitrogens with zero attached hydrogens (tertiary/aromatic N) is 1. The molecule has 0 aliphatic heterocycles. The van der Waals surface area contributed by atoms with Crippen LogP contribution in [-0.4, -0.2) is 33.4 Å². The number of nitrogens with one attached hydrogen (secondary N) is 2. The molecule has 2 aromatic rings. The standard InChI is InChI=1S/C20H19N3O5S/c21-11-16-4-1-2-7-18(16)29(26,27)22-12-20(25)28-13-19(24)23-17-9-8-14-5-3-6-15(14)10-17/h1-2,4,7-10,22H,3,5-6,12-13H2,(H,23,24). The summed E-state index contributed by atoms with van der Waals surface area (Å²) >= 11 is 0. The molecule has 1 amide bonds. The number of sulfonamides is 1. The van der Waals surface area contributed by atoms with Gasteiger partial charge in [-0.15, -0.1) is 0 Å². The quantitative estimate of drug-likeness (QED) is 0.663. The van der Waals surface area contributed by atoms with Crippen LogP contribution in [0.5, 0.6) is 0 Å². The summed E-state index contributed by atoms with van der Waals surface area (Å²) in [5.41, 5.74) is 3.06. The van der Waals surface area contributed by atoms with Crippen molar-refractivity contribution in [2.45, 2.75) is 24.2 Å². The van der Waals surface area contributed by atoms with Gasteiger partial charge in [0.25, 0.3) is 5.91 Å². The third kappa shape index (κ3) is 5.19. The maximum absolute atomic E-state index is 12.2. The fraction of sp³-hybridized carbons (Fsp3) is 0.250. The summed E-state index contributed by atoms with van der Waals surface area (Å²) in [5, 5.41) is 11.6. The lowest BCUT2D eigenvalue weighted by molar-refractivity contribution is -0.146. The monoisotopic (exact) mass is 413 g/mol. The fourth-order valence-corrected chi connectivity index (χ4v) is 4.19. The second-order valence-electron chi connectivity index (χ2n) is 6.48. The van der Waals surface area contributed by atoms with Crippen LogP contribution in [-0.2, 0) is 37.2 Å². The third-order valence-electron chi connectivity index (χ3n) is 4.45. The van der Waals surface area contributed by atoms with Gasteiger partial charge in [0.15, 0.2) is 6.61 Å². The van der Waals surface area contributed by atoms with E-state index in [9.17, 15) is 18.0 Å². The molecular weight excluding hydrogens is 394 g/mol. The number of carbonyl (C=O) groups excluding carboxylic acids is 2. The van der Waals surface area contributed by atoms with Crippen LogP contribution in [0.4, 0.5) is 5.69 Å². The number of ether oxygens (including phenoxy) is 1. The Bertz CT molecular complexity index is 1090. The van der Waals surface area contributed by atoms with Gasteiger partial charge in [-0.3, -0.25) is 9.59 Å². The molecule has 0 atom stereocenters. The summed E-state index contributed by atoms with van der Waals surface area (Å²) in [6.45, 7) is -1.19. The maximum atomic E-state index is 12.2. The van der Waals surface area contributed by atoms with Gasteiger partial charge in [-0.1, -0.05) is 18.2 Å². The van der Waals surface area contributed by atoms with Gasteiger partial charge >= 0.3 is 5.97 Å². The molecule has 0 aromatic heterocycles. The summed E-state index contributed by atoms with van der Waals surface area (Å²) in [6, 6.07) is 13.1. The molecule has 0 fully saturated rings. The molecule has 150 valence electrons. The van der Waals surface area contributed by atoms with Crippen molar-refractivity contribution in [1.29, 1.82) is 5.26 Å². The molecule has 8 nitrogen and oxygen atoms in total. The Kier molecular flexibility index (Phi) is 6.26. The molecule has 0 spiro atoms. The number of esters is 1. The molecule has 0 unspecified atom stereocenters. The van der Waals surface area contributed by atoms with E-state index in [1.807, 2.05) is 12.1 Å². The predicted molar refractivity (Wildman–Crippen MR) is 104 cm³/mol. The van der Waals surface area contributed by atoms with Crippen molar-refractivity contribution in [2.24, 2.45) is 0 Å². The zero-order valence-electron chi connectivity index (χ0n) is 15.5. The summed E-state index contributed by atoms with van der Waals surface area (Å²) < 4.78 is 31.4. The number of hydrogen-bond donors (Lipinski definition) is 2. The number of benzene rings is 2. The van der Waals surface area contributed by atoms with Crippen molar-refractivity contribution in [3.8, 4) is 6.07 Å². The van der Waals surface area contributed by atoms with Crippen molar-refractivity contribution in [1.82, 2.24) is 4.72 Å². The maximum Gasteiger partial charge on any atom is 0.321 e. The number of anilines is 1. The average Bonchev–Trinajstić information content (AvgIpc) is 3.18. The highest BCUT2D eigenvalue weighted by Gasteiger charge is 2.20. The molecule has 0 bridgehead atoms. The smallest absolute Gasteiger partial charge is 0.321 e. The highest BCUT2D eigenvalue weighted by molar-refractivity contribution is 7.89. The van der Waals surface area contributed by atoms with Crippen LogP contribution < -0.4 is 10.0 Å². The van der Waals surface area contributed by atoms with Crippen molar-refractivity contribution in [3.63, 3.8) is 0 Å². The van der Waals surface area contributed by atoms with Crippen LogP contribution in [0.1, 0.15) is 23.1 Å². The second-order valence-corrected chi connectivity index (χ2v) is 8.21. The molecule has 0 saturated heterocycles. The van der Waals surface area contributed by atoms with E-state index in [1.54, 1.807) is 12.1 Å². The fourth-order valence-electron chi connectivity index (χ4n) is 3.07. The predicted octanol–water partition coefficient (Wildman–Crippen LogP) is 1.51. The molecular formula is C20H19N3O5S. The zero-order valence-corrected chi connectivity index (χ0v) is 16.3. The molecule has 0 radical (unpaired) electrons. The number of amides is 1. The first-order valence-electron chi connectivity index (χ1n) is 8.95. The van der Waals surface area contributed by atoms with Crippen LogP contribution in [0, 0.1) is 11.3 Å². The topological polar surface area (TPSA) is 125 Å². The Morgan fingerprint density at radius 2 is 1.86 bits per heavy atom. The summed E-state index contributed by atoms with van der Waals surface area (Å²) in [6.07, 6.45) is 3.11. The van der Waals surface area contributed by atoms with Crippen molar-refractivity contribution in [2.75, 3.05) is 18.5 Å². The minimum absolute atomic E-state index is 0.0397. The first-order chi connectivity index (χ1) is 13.9. The van der Waals surface area contributed by atoms with Gasteiger partial charge in [-0.2, -0.15) is 9.98 Å². The van der Waals surface area contributed by atoms with Gasteiger partial charge in [0.2, 0.25) is 10.0 Å². The molecule has 0 saturated carbocycles. The first kappa shape index (κ1) is 20.5. The SMILES string of the molecule is N#Cc1ccccc1S(=O)(=O)NCC(=O)OCC(=O)Nc1ccc2c(c1)CCC2. The molecule has 9 heteroatoms. The molecule has 2 aromatic carbocycles. The van der Waals surface area contributed by atoms with Crippen LogP contribution in [0.15, 0.2) is 47.4 Å². The highest BCUT2D eigenvalue weighted by atomic mass is 32.2. The zero-order chi connectivity index (χ0) is 20.9. The molecule has 29 heavy (non-hydrogen) atoms. The third-order valence-corrected chi connectivity index (χ3v) is 5.91. The van der Waals surface area contributed by atoms with Gasteiger partial charge in [-0.25, -0.2) is 8.42 Å². The van der Waals surface area contributed by atoms with E-state index in [0.717, 1.165) is 19.3 Å². The molecule has 2 N–H and O–H groups in total. The Morgan fingerprint density at radius 3 is 2.66 bits per heavy atom. The second kappa shape index (κ2) is 8.86. The van der Waals surface area contributed by atoms with Crippen molar-refractivity contribution < 1.29 is 22.7 Å². The minimum Gasteiger partial charge on any atom is -0.455 e. The number of hydrogen-bond acceptors (Lipinski definition) is 6. The lowest BCUT2D eigenvalue weighted by Gasteiger charge is -2.09. The van der Waals surface area contributed by atoms with E-state index in [4.69, 9.17) is 10.00 Å². The van der Waals surface area contributed by atoms with Gasteiger partial charge in [0, 0.05) is 5.69 Å². The van der Waals surface area contributed by atoms with E-state index in [2.05, 4.69) is 10.0 Å². The summed E-state index contributed by atoms with van der Waals surface area (Å²) in [4.78, 5) is 23.5. The van der Waals surface area contributed by atoms with Gasteiger partial charge in [0.1, 0.15) is 12.6 Å². The minimum atomic E-state index is -4.06. The average molecular weight is 413 g/mol. The van der Waals surface area contributed by atoms with Crippen LogP contribution in [0.2, 0.25) is 0 Å². The van der Waals surface area contributed by atoms with Gasteiger partial charge < -0.3 is 10.1 Å². The molecule has 0 heterocycles. The van der Waals surface area contributed by atoms with Gasteiger partial charge in [-0.05, 0) is 54.7 Å². The summed E-state index contributed by atoms with van der Waals surface area (Å²) in [5.74, 6) is -1.43. The normalized spacial score (nSPS) is 12.7. The van der Waals surface area contributed by atoms with E-state index in [1.165, 1.54) is 35.4 Å². The number of nitriles is 1. The highest BCUT2D eigenvalue weighted by Crippen LogP contribution is 2.24. The van der Waals surface area contributed by atoms with Crippen LogP contribution in [0.3, 0.4) is 0 Å². The lowest BCUT2D eigenvalue weighted by Crippen LogP contribution is -2.32. The van der Waals surface area contributed by atoms with E-state index in [0.29, 0.717) is 5.69 Å². The van der Waals surface area contributed by atoms with Crippen molar-refractivity contribution in [3.05, 3.63) is 59.2 Å². The largest absolute Gasteiger partial charge is 0.455 e. The Labute approximate surface area is 168 Å². The number of aryl methyl sites for hydroxylation is 2. The van der Waals surface area contributed by atoms with Gasteiger partial charge in [0.05, 0.1) is 10.5 Å². The molecule has 1 aliphatic rings. The van der Waals surface area contributed by atoms with E-state index < -0.39 is 35.1 Å². The van der Waals surface area contributed by atoms with Crippen LogP contribution in [0.25, 0.3) is 0 Å². The van der Waals surface area contributed by atoms with Crippen molar-refractivity contribution >= 4 is 27.6 Å². The number of fused-ring (bicyclic) bond motifs is 1. The molecule has 3 rings (SSSR count). The Balaban J connectivity index is 1.48. The van der Waals surface area contributed by atoms with Crippen LogP contribution >= 0.6 is 0 Å². The van der Waals surface area contributed by atoms with E-state index >= 15 is 0 Å². The van der Waals surface area contributed by atoms with E-state index in [-0.39, 0.29) is 10.5 Å². The Hall–Kier alpha value is -3.22.